The fourth-order valence-corrected chi connectivity index (χ4v) is 6.29. The summed E-state index contributed by atoms with van der Waals surface area (Å²) in [7, 11) is 0. The number of benzene rings is 2. The van der Waals surface area contributed by atoms with Crippen molar-refractivity contribution in [2.24, 2.45) is 0 Å². The molecule has 33 heavy (non-hydrogen) atoms. The number of imide groups is 1. The Kier molecular flexibility index (Phi) is 4.41. The monoisotopic (exact) mass is 559 g/mol. The summed E-state index contributed by atoms with van der Waals surface area (Å²) in [6.07, 6.45) is -1.13. The average Bonchev–Trinajstić information content (AvgIpc) is 3.41. The normalized spacial score (nSPS) is 27.3. The van der Waals surface area contributed by atoms with Gasteiger partial charge in [-0.25, -0.2) is 9.59 Å². The SMILES string of the molecule is N#Cc1ccc(C23C(=O)NC(=O)N2C2CN(C(=O)O)C3(c3ccc([N+](=O)[O-])cc3)C2)cc1I. The van der Waals surface area contributed by atoms with Crippen LogP contribution in [0.15, 0.2) is 42.5 Å². The molecule has 0 spiro atoms. The maximum absolute atomic E-state index is 13.6. The van der Waals surface area contributed by atoms with E-state index in [-0.39, 0.29) is 18.7 Å². The van der Waals surface area contributed by atoms with E-state index in [0.29, 0.717) is 20.3 Å². The van der Waals surface area contributed by atoms with Gasteiger partial charge < -0.3 is 5.11 Å². The number of fused-ring (bicyclic) bond motifs is 5. The molecule has 3 aliphatic heterocycles. The number of halogens is 1. The lowest BCUT2D eigenvalue weighted by Gasteiger charge is -2.51. The number of nitrogens with one attached hydrogen (secondary N) is 1. The van der Waals surface area contributed by atoms with Gasteiger partial charge in [-0.2, -0.15) is 5.26 Å². The Labute approximate surface area is 199 Å². The van der Waals surface area contributed by atoms with Gasteiger partial charge in [0, 0.05) is 28.7 Å². The second-order valence-corrected chi connectivity index (χ2v) is 9.22. The number of carbonyl (C=O) groups is 3. The van der Waals surface area contributed by atoms with Crippen LogP contribution in [0.1, 0.15) is 23.1 Å². The van der Waals surface area contributed by atoms with Gasteiger partial charge in [0.25, 0.3) is 11.6 Å². The van der Waals surface area contributed by atoms with Crippen molar-refractivity contribution in [1.29, 1.82) is 5.26 Å². The maximum atomic E-state index is 13.6. The molecule has 2 N–H and O–H groups in total. The van der Waals surface area contributed by atoms with Crippen LogP contribution in [0, 0.1) is 25.0 Å². The maximum Gasteiger partial charge on any atom is 0.408 e. The smallest absolute Gasteiger partial charge is 0.408 e. The van der Waals surface area contributed by atoms with Crippen LogP contribution in [-0.4, -0.2) is 50.4 Å². The number of likely N-dealkylation sites (tertiary alicyclic amines) is 1. The first-order chi connectivity index (χ1) is 15.7. The fraction of sp³-hybridized carbons (Fsp3) is 0.238. The minimum Gasteiger partial charge on any atom is -0.465 e. The van der Waals surface area contributed by atoms with Crippen LogP contribution >= 0.6 is 22.6 Å². The molecule has 0 aromatic heterocycles. The number of nitro groups is 1. The fourth-order valence-electron chi connectivity index (χ4n) is 5.66. The zero-order valence-corrected chi connectivity index (χ0v) is 18.8. The number of carboxylic acid groups (broad SMARTS) is 1. The quantitative estimate of drug-likeness (QED) is 0.253. The number of hydrogen-bond acceptors (Lipinski definition) is 6. The second-order valence-electron chi connectivity index (χ2n) is 8.06. The van der Waals surface area contributed by atoms with Gasteiger partial charge in [-0.1, -0.05) is 6.07 Å². The highest BCUT2D eigenvalue weighted by atomic mass is 127. The number of rotatable bonds is 3. The van der Waals surface area contributed by atoms with Crippen molar-refractivity contribution < 1.29 is 24.4 Å². The number of piperazine rings is 1. The highest BCUT2D eigenvalue weighted by molar-refractivity contribution is 14.1. The molecule has 2 bridgehead atoms. The molecule has 2 aromatic rings. The van der Waals surface area contributed by atoms with Crippen LogP contribution in [0.25, 0.3) is 0 Å². The topological polar surface area (TPSA) is 157 Å². The minimum absolute atomic E-state index is 0.0118. The highest BCUT2D eigenvalue weighted by Crippen LogP contribution is 2.63. The molecule has 12 heteroatoms. The third-order valence-corrected chi connectivity index (χ3v) is 7.66. The molecule has 0 radical (unpaired) electrons. The van der Waals surface area contributed by atoms with Crippen molar-refractivity contribution in [3.63, 3.8) is 0 Å². The molecule has 2 aromatic carbocycles. The number of amides is 4. The van der Waals surface area contributed by atoms with Crippen LogP contribution in [0.3, 0.4) is 0 Å². The van der Waals surface area contributed by atoms with E-state index in [1.165, 1.54) is 35.2 Å². The molecule has 0 aliphatic carbocycles. The molecule has 3 heterocycles. The van der Waals surface area contributed by atoms with E-state index in [2.05, 4.69) is 11.4 Å². The predicted octanol–water partition coefficient (Wildman–Crippen LogP) is 2.48. The van der Waals surface area contributed by atoms with Crippen LogP contribution in [0.4, 0.5) is 15.3 Å². The van der Waals surface area contributed by atoms with Crippen molar-refractivity contribution in [3.8, 4) is 6.07 Å². The van der Waals surface area contributed by atoms with Gasteiger partial charge >= 0.3 is 12.1 Å². The van der Waals surface area contributed by atoms with E-state index in [4.69, 9.17) is 0 Å². The molecule has 11 nitrogen and oxygen atoms in total. The largest absolute Gasteiger partial charge is 0.465 e. The summed E-state index contributed by atoms with van der Waals surface area (Å²) in [6.45, 7) is -0.0118. The van der Waals surface area contributed by atoms with Crippen molar-refractivity contribution in [2.45, 2.75) is 23.5 Å². The lowest BCUT2D eigenvalue weighted by Crippen LogP contribution is -2.67. The van der Waals surface area contributed by atoms with E-state index in [1.807, 2.05) is 22.6 Å². The van der Waals surface area contributed by atoms with Crippen molar-refractivity contribution in [1.82, 2.24) is 15.1 Å². The standard InChI is InChI=1S/C21H14IN5O6/c22-16-7-13(2-1-11(16)9-23)21-17(28)24-18(29)26(21)15-8-20(21,25(10-15)19(30)31)12-3-5-14(6-4-12)27(32)33/h1-7,15H,8,10H2,(H,30,31)(H,24,28,29). The predicted molar refractivity (Wildman–Crippen MR) is 119 cm³/mol. The lowest BCUT2D eigenvalue weighted by molar-refractivity contribution is -0.384. The number of carbonyl (C=O) groups excluding carboxylic acids is 2. The molecule has 3 unspecified atom stereocenters. The van der Waals surface area contributed by atoms with E-state index in [9.17, 15) is 34.9 Å². The first-order valence-corrected chi connectivity index (χ1v) is 10.9. The van der Waals surface area contributed by atoms with Gasteiger partial charge in [0.2, 0.25) is 0 Å². The van der Waals surface area contributed by atoms with Gasteiger partial charge in [-0.05, 0) is 58.0 Å². The van der Waals surface area contributed by atoms with Crippen LogP contribution < -0.4 is 5.32 Å². The Morgan fingerprint density at radius 2 is 1.91 bits per heavy atom. The Bertz CT molecular complexity index is 1310. The highest BCUT2D eigenvalue weighted by Gasteiger charge is 2.79. The van der Waals surface area contributed by atoms with Gasteiger partial charge in [0.15, 0.2) is 5.54 Å². The molecule has 0 saturated carbocycles. The lowest BCUT2D eigenvalue weighted by atomic mass is 9.68. The average molecular weight is 559 g/mol. The minimum atomic E-state index is -1.74. The van der Waals surface area contributed by atoms with Gasteiger partial charge in [0.1, 0.15) is 11.6 Å². The molecule has 3 fully saturated rings. The summed E-state index contributed by atoms with van der Waals surface area (Å²) in [4.78, 5) is 52.1. The second kappa shape index (κ2) is 6.88. The van der Waals surface area contributed by atoms with Gasteiger partial charge in [0.05, 0.1) is 16.5 Å². The van der Waals surface area contributed by atoms with E-state index in [1.54, 1.807) is 12.1 Å². The number of urea groups is 1. The number of hydrogen-bond donors (Lipinski definition) is 2. The molecule has 5 rings (SSSR count). The zero-order valence-electron chi connectivity index (χ0n) is 16.7. The van der Waals surface area contributed by atoms with E-state index >= 15 is 0 Å². The number of nitriles is 1. The zero-order chi connectivity index (χ0) is 23.7. The van der Waals surface area contributed by atoms with Crippen molar-refractivity contribution in [3.05, 3.63) is 72.8 Å². The summed E-state index contributed by atoms with van der Waals surface area (Å²) in [5.41, 5.74) is -2.35. The van der Waals surface area contributed by atoms with Crippen molar-refractivity contribution >= 4 is 46.3 Å². The summed E-state index contributed by atoms with van der Waals surface area (Å²) in [5, 5.41) is 33.0. The number of nitro benzene ring substituents is 1. The van der Waals surface area contributed by atoms with Crippen LogP contribution in [0.2, 0.25) is 0 Å². The summed E-state index contributed by atoms with van der Waals surface area (Å²) < 4.78 is 0.539. The van der Waals surface area contributed by atoms with E-state index < -0.39 is 40.1 Å². The Morgan fingerprint density at radius 3 is 2.48 bits per heavy atom. The summed E-state index contributed by atoms with van der Waals surface area (Å²) in [6, 6.07) is 10.9. The number of non-ortho nitro benzene ring substituents is 1. The number of nitrogens with zero attached hydrogens (tertiary/aromatic N) is 4. The van der Waals surface area contributed by atoms with Gasteiger partial charge in [-0.15, -0.1) is 0 Å². The third-order valence-electron chi connectivity index (χ3n) is 6.77. The molecule has 166 valence electrons. The van der Waals surface area contributed by atoms with E-state index in [0.717, 1.165) is 4.90 Å². The molecular weight excluding hydrogens is 545 g/mol. The third kappa shape index (κ3) is 2.45. The van der Waals surface area contributed by atoms with Crippen LogP contribution in [-0.2, 0) is 15.9 Å². The van der Waals surface area contributed by atoms with Gasteiger partial charge in [-0.3, -0.25) is 30.0 Å². The van der Waals surface area contributed by atoms with Crippen molar-refractivity contribution in [2.75, 3.05) is 6.54 Å². The molecule has 3 saturated heterocycles. The molecular formula is C21H14IN5O6. The van der Waals surface area contributed by atoms with Crippen LogP contribution in [0.5, 0.6) is 0 Å². The molecule has 3 atom stereocenters. The Balaban J connectivity index is 1.84. The first-order valence-electron chi connectivity index (χ1n) is 9.79. The Hall–Kier alpha value is -3.73. The first kappa shape index (κ1) is 21.1. The summed E-state index contributed by atoms with van der Waals surface area (Å²) >= 11 is 1.95. The Morgan fingerprint density at radius 1 is 1.24 bits per heavy atom. The molecule has 4 amide bonds. The summed E-state index contributed by atoms with van der Waals surface area (Å²) in [5.74, 6) is -0.681. The molecule has 3 aliphatic rings.